The number of fused-ring (bicyclic) bond motifs is 1. The van der Waals surface area contributed by atoms with Crippen molar-refractivity contribution in [3.8, 4) is 11.5 Å². The Labute approximate surface area is 88.6 Å². The highest BCUT2D eigenvalue weighted by Gasteiger charge is 2.12. The predicted molar refractivity (Wildman–Crippen MR) is 59.3 cm³/mol. The summed E-state index contributed by atoms with van der Waals surface area (Å²) in [6.45, 7) is 2.55. The molecule has 1 aliphatic heterocycles. The van der Waals surface area contributed by atoms with Crippen molar-refractivity contribution in [1.29, 1.82) is 0 Å². The SMILES string of the molecule is CCSCCc1ccc2c(c1)OCO2. The van der Waals surface area contributed by atoms with Gasteiger partial charge in [-0.05, 0) is 35.6 Å². The quantitative estimate of drug-likeness (QED) is 0.712. The summed E-state index contributed by atoms with van der Waals surface area (Å²) in [5, 5.41) is 0. The van der Waals surface area contributed by atoms with Gasteiger partial charge in [0.1, 0.15) is 0 Å². The van der Waals surface area contributed by atoms with Crippen LogP contribution in [0.4, 0.5) is 0 Å². The second-order valence-corrected chi connectivity index (χ2v) is 4.53. The van der Waals surface area contributed by atoms with Crippen LogP contribution in [0.1, 0.15) is 12.5 Å². The van der Waals surface area contributed by atoms with Crippen LogP contribution in [0.15, 0.2) is 18.2 Å². The molecular weight excluding hydrogens is 196 g/mol. The smallest absolute Gasteiger partial charge is 0.231 e. The molecule has 0 unspecified atom stereocenters. The van der Waals surface area contributed by atoms with Crippen molar-refractivity contribution >= 4 is 11.8 Å². The van der Waals surface area contributed by atoms with Crippen LogP contribution in [0.5, 0.6) is 11.5 Å². The van der Waals surface area contributed by atoms with E-state index in [1.807, 2.05) is 17.8 Å². The Balaban J connectivity index is 1.98. The van der Waals surface area contributed by atoms with Gasteiger partial charge in [-0.15, -0.1) is 0 Å². The van der Waals surface area contributed by atoms with Gasteiger partial charge in [0.15, 0.2) is 11.5 Å². The van der Waals surface area contributed by atoms with Crippen molar-refractivity contribution in [3.05, 3.63) is 23.8 Å². The molecule has 1 heterocycles. The third kappa shape index (κ3) is 2.15. The van der Waals surface area contributed by atoms with E-state index in [1.54, 1.807) is 0 Å². The molecule has 3 heteroatoms. The Morgan fingerprint density at radius 2 is 2.14 bits per heavy atom. The molecule has 0 bridgehead atoms. The number of thioether (sulfide) groups is 1. The van der Waals surface area contributed by atoms with E-state index in [0.717, 1.165) is 17.9 Å². The van der Waals surface area contributed by atoms with E-state index in [9.17, 15) is 0 Å². The average Bonchev–Trinajstić information content (AvgIpc) is 2.65. The van der Waals surface area contributed by atoms with E-state index >= 15 is 0 Å². The summed E-state index contributed by atoms with van der Waals surface area (Å²) in [7, 11) is 0. The van der Waals surface area contributed by atoms with Gasteiger partial charge in [0.05, 0.1) is 0 Å². The first kappa shape index (κ1) is 9.71. The maximum Gasteiger partial charge on any atom is 0.231 e. The molecule has 1 aliphatic rings. The zero-order valence-electron chi connectivity index (χ0n) is 8.29. The summed E-state index contributed by atoms with van der Waals surface area (Å²) in [5.74, 6) is 4.13. The molecule has 0 saturated carbocycles. The van der Waals surface area contributed by atoms with Gasteiger partial charge in [-0.2, -0.15) is 11.8 Å². The minimum Gasteiger partial charge on any atom is -0.454 e. The van der Waals surface area contributed by atoms with Crippen molar-refractivity contribution in [1.82, 2.24) is 0 Å². The Hall–Kier alpha value is -0.830. The minimum absolute atomic E-state index is 0.364. The van der Waals surface area contributed by atoms with Crippen LogP contribution in [-0.4, -0.2) is 18.3 Å². The van der Waals surface area contributed by atoms with Crippen molar-refractivity contribution < 1.29 is 9.47 Å². The van der Waals surface area contributed by atoms with E-state index in [-0.39, 0.29) is 0 Å². The zero-order valence-corrected chi connectivity index (χ0v) is 9.10. The van der Waals surface area contributed by atoms with Crippen LogP contribution in [0.3, 0.4) is 0 Å². The lowest BCUT2D eigenvalue weighted by atomic mass is 10.1. The molecule has 2 rings (SSSR count). The third-order valence-corrected chi connectivity index (χ3v) is 3.08. The van der Waals surface area contributed by atoms with Crippen LogP contribution in [0.2, 0.25) is 0 Å². The highest BCUT2D eigenvalue weighted by atomic mass is 32.2. The number of benzene rings is 1. The lowest BCUT2D eigenvalue weighted by Crippen LogP contribution is -1.93. The van der Waals surface area contributed by atoms with Crippen LogP contribution in [0, 0.1) is 0 Å². The molecule has 1 aromatic rings. The van der Waals surface area contributed by atoms with E-state index in [1.165, 1.54) is 17.1 Å². The Morgan fingerprint density at radius 1 is 1.29 bits per heavy atom. The summed E-state index contributed by atoms with van der Waals surface area (Å²) in [4.78, 5) is 0. The van der Waals surface area contributed by atoms with Gasteiger partial charge >= 0.3 is 0 Å². The summed E-state index contributed by atoms with van der Waals surface area (Å²) in [6.07, 6.45) is 1.11. The van der Waals surface area contributed by atoms with Gasteiger partial charge in [0, 0.05) is 0 Å². The molecule has 0 fully saturated rings. The molecule has 1 aromatic carbocycles. The summed E-state index contributed by atoms with van der Waals surface area (Å²) < 4.78 is 10.6. The molecule has 0 aromatic heterocycles. The fourth-order valence-electron chi connectivity index (χ4n) is 1.43. The molecular formula is C11H14O2S. The first-order valence-electron chi connectivity index (χ1n) is 4.86. The van der Waals surface area contributed by atoms with Crippen LogP contribution < -0.4 is 9.47 Å². The zero-order chi connectivity index (χ0) is 9.80. The minimum atomic E-state index is 0.364. The molecule has 76 valence electrons. The van der Waals surface area contributed by atoms with Crippen LogP contribution >= 0.6 is 11.8 Å². The first-order chi connectivity index (χ1) is 6.90. The maximum absolute atomic E-state index is 5.32. The molecule has 0 N–H and O–H groups in total. The van der Waals surface area contributed by atoms with Gasteiger partial charge in [-0.25, -0.2) is 0 Å². The highest BCUT2D eigenvalue weighted by molar-refractivity contribution is 7.99. The Kier molecular flexibility index (Phi) is 3.19. The lowest BCUT2D eigenvalue weighted by Gasteiger charge is -2.01. The summed E-state index contributed by atoms with van der Waals surface area (Å²) >= 11 is 1.96. The lowest BCUT2D eigenvalue weighted by molar-refractivity contribution is 0.174. The second-order valence-electron chi connectivity index (χ2n) is 3.13. The average molecular weight is 210 g/mol. The molecule has 0 aliphatic carbocycles. The topological polar surface area (TPSA) is 18.5 Å². The van der Waals surface area contributed by atoms with Crippen molar-refractivity contribution in [3.63, 3.8) is 0 Å². The molecule has 0 spiro atoms. The molecule has 0 amide bonds. The summed E-state index contributed by atoms with van der Waals surface area (Å²) in [5.41, 5.74) is 1.33. The van der Waals surface area contributed by atoms with Gasteiger partial charge in [-0.1, -0.05) is 13.0 Å². The standard InChI is InChI=1S/C11H14O2S/c1-2-14-6-5-9-3-4-10-11(7-9)13-8-12-10/h3-4,7H,2,5-6,8H2,1H3. The van der Waals surface area contributed by atoms with E-state index in [2.05, 4.69) is 19.1 Å². The van der Waals surface area contributed by atoms with Crippen molar-refractivity contribution in [2.45, 2.75) is 13.3 Å². The van der Waals surface area contributed by atoms with Crippen LogP contribution in [-0.2, 0) is 6.42 Å². The number of hydrogen-bond donors (Lipinski definition) is 0. The first-order valence-corrected chi connectivity index (χ1v) is 6.02. The fraction of sp³-hybridized carbons (Fsp3) is 0.455. The van der Waals surface area contributed by atoms with E-state index in [0.29, 0.717) is 6.79 Å². The van der Waals surface area contributed by atoms with Gasteiger partial charge in [0.2, 0.25) is 6.79 Å². The number of rotatable bonds is 4. The van der Waals surface area contributed by atoms with Crippen molar-refractivity contribution in [2.75, 3.05) is 18.3 Å². The van der Waals surface area contributed by atoms with E-state index < -0.39 is 0 Å². The molecule has 0 radical (unpaired) electrons. The second kappa shape index (κ2) is 4.60. The molecule has 0 saturated heterocycles. The van der Waals surface area contributed by atoms with Crippen LogP contribution in [0.25, 0.3) is 0 Å². The number of aryl methyl sites for hydroxylation is 1. The van der Waals surface area contributed by atoms with E-state index in [4.69, 9.17) is 9.47 Å². The summed E-state index contributed by atoms with van der Waals surface area (Å²) in [6, 6.07) is 6.19. The molecule has 0 atom stereocenters. The predicted octanol–water partition coefficient (Wildman–Crippen LogP) is 2.71. The van der Waals surface area contributed by atoms with Gasteiger partial charge in [0.25, 0.3) is 0 Å². The molecule has 14 heavy (non-hydrogen) atoms. The Morgan fingerprint density at radius 3 is 3.00 bits per heavy atom. The fourth-order valence-corrected chi connectivity index (χ4v) is 2.10. The normalized spacial score (nSPS) is 13.2. The van der Waals surface area contributed by atoms with Gasteiger partial charge < -0.3 is 9.47 Å². The number of hydrogen-bond acceptors (Lipinski definition) is 3. The maximum atomic E-state index is 5.32. The highest BCUT2D eigenvalue weighted by Crippen LogP contribution is 2.32. The monoisotopic (exact) mass is 210 g/mol. The third-order valence-electron chi connectivity index (χ3n) is 2.18. The Bertz CT molecular complexity index is 312. The number of ether oxygens (including phenoxy) is 2. The van der Waals surface area contributed by atoms with Gasteiger partial charge in [-0.3, -0.25) is 0 Å². The molecule has 2 nitrogen and oxygen atoms in total. The largest absolute Gasteiger partial charge is 0.454 e. The van der Waals surface area contributed by atoms with Crippen molar-refractivity contribution in [2.24, 2.45) is 0 Å².